The van der Waals surface area contributed by atoms with Crippen molar-refractivity contribution >= 4 is 28.5 Å². The number of nitrogens with zero attached hydrogens (tertiary/aromatic N) is 1. The third kappa shape index (κ3) is 2.64. The highest BCUT2D eigenvalue weighted by molar-refractivity contribution is 14.1. The summed E-state index contributed by atoms with van der Waals surface area (Å²) in [5.41, 5.74) is -0.0856. The molecule has 0 spiro atoms. The zero-order chi connectivity index (χ0) is 13.3. The number of hydrogen-bond acceptors (Lipinski definition) is 2. The van der Waals surface area contributed by atoms with Crippen LogP contribution in [0.1, 0.15) is 16.8 Å². The third-order valence-electron chi connectivity index (χ3n) is 3.01. The molecule has 1 aromatic rings. The number of hydrogen-bond donors (Lipinski definition) is 0. The molecule has 0 unspecified atom stereocenters. The Kier molecular flexibility index (Phi) is 4.16. The number of carbonyl (C=O) groups is 1. The van der Waals surface area contributed by atoms with E-state index < -0.39 is 17.5 Å². The van der Waals surface area contributed by atoms with Gasteiger partial charge in [-0.1, -0.05) is 0 Å². The van der Waals surface area contributed by atoms with Crippen molar-refractivity contribution in [2.45, 2.75) is 12.5 Å². The molecule has 1 heterocycles. The van der Waals surface area contributed by atoms with Crippen LogP contribution in [0.25, 0.3) is 0 Å². The molecule has 1 fully saturated rings. The van der Waals surface area contributed by atoms with Crippen molar-refractivity contribution in [1.82, 2.24) is 4.90 Å². The summed E-state index contributed by atoms with van der Waals surface area (Å²) < 4.78 is 32.1. The van der Waals surface area contributed by atoms with Crippen LogP contribution in [0, 0.1) is 15.2 Å². The number of likely N-dealkylation sites (tertiary alicyclic amines) is 1. The molecule has 1 saturated heterocycles. The minimum Gasteiger partial charge on any atom is -0.380 e. The van der Waals surface area contributed by atoms with E-state index in [1.807, 2.05) is 0 Å². The molecule has 18 heavy (non-hydrogen) atoms. The van der Waals surface area contributed by atoms with Crippen LogP contribution in [0.4, 0.5) is 8.78 Å². The molecule has 6 heteroatoms. The molecule has 0 aromatic heterocycles. The minimum absolute atomic E-state index is 0.00321. The standard InChI is InChI=1S/C12H12F2INO2/c1-18-7-2-3-16(6-7)12(17)8-4-11(15)10(14)5-9(8)13/h4-5,7H,2-3,6H2,1H3/t7-/m0/s1. The van der Waals surface area contributed by atoms with Crippen molar-refractivity contribution in [2.24, 2.45) is 0 Å². The van der Waals surface area contributed by atoms with E-state index in [2.05, 4.69) is 0 Å². The second kappa shape index (κ2) is 5.48. The van der Waals surface area contributed by atoms with Gasteiger partial charge in [0.25, 0.3) is 5.91 Å². The molecular formula is C12H12F2INO2. The Bertz CT molecular complexity index is 481. The highest BCUT2D eigenvalue weighted by Crippen LogP contribution is 2.21. The first-order chi connectivity index (χ1) is 8.52. The van der Waals surface area contributed by atoms with E-state index in [0.717, 1.165) is 12.5 Å². The van der Waals surface area contributed by atoms with Crippen LogP contribution in [-0.2, 0) is 4.74 Å². The molecule has 2 rings (SSSR count). The molecule has 0 bridgehead atoms. The van der Waals surface area contributed by atoms with Gasteiger partial charge in [0.05, 0.1) is 11.7 Å². The Balaban J connectivity index is 2.22. The van der Waals surface area contributed by atoms with Gasteiger partial charge in [-0.05, 0) is 35.1 Å². The number of amides is 1. The quantitative estimate of drug-likeness (QED) is 0.594. The summed E-state index contributed by atoms with van der Waals surface area (Å²) in [7, 11) is 1.58. The maximum Gasteiger partial charge on any atom is 0.256 e. The van der Waals surface area contributed by atoms with Crippen LogP contribution in [-0.4, -0.2) is 37.1 Å². The van der Waals surface area contributed by atoms with Gasteiger partial charge < -0.3 is 9.64 Å². The lowest BCUT2D eigenvalue weighted by Gasteiger charge is -2.16. The Morgan fingerprint density at radius 1 is 1.44 bits per heavy atom. The van der Waals surface area contributed by atoms with E-state index in [-0.39, 0.29) is 15.2 Å². The third-order valence-corrected chi connectivity index (χ3v) is 3.83. The number of benzene rings is 1. The Morgan fingerprint density at radius 2 is 2.17 bits per heavy atom. The normalized spacial score (nSPS) is 19.3. The van der Waals surface area contributed by atoms with E-state index in [0.29, 0.717) is 13.1 Å². The van der Waals surface area contributed by atoms with Crippen LogP contribution in [0.15, 0.2) is 12.1 Å². The largest absolute Gasteiger partial charge is 0.380 e. The topological polar surface area (TPSA) is 29.5 Å². The fraction of sp³-hybridized carbons (Fsp3) is 0.417. The van der Waals surface area contributed by atoms with Crippen molar-refractivity contribution in [3.8, 4) is 0 Å². The molecule has 0 N–H and O–H groups in total. The average molecular weight is 367 g/mol. The maximum absolute atomic E-state index is 13.6. The smallest absolute Gasteiger partial charge is 0.256 e. The second-order valence-corrected chi connectivity index (χ2v) is 5.31. The Hall–Kier alpha value is -0.760. The van der Waals surface area contributed by atoms with Crippen molar-refractivity contribution in [3.05, 3.63) is 32.9 Å². The predicted molar refractivity (Wildman–Crippen MR) is 70.4 cm³/mol. The van der Waals surface area contributed by atoms with E-state index in [1.165, 1.54) is 11.0 Å². The molecule has 1 aromatic carbocycles. The lowest BCUT2D eigenvalue weighted by atomic mass is 10.2. The van der Waals surface area contributed by atoms with Gasteiger partial charge in [-0.3, -0.25) is 4.79 Å². The molecule has 0 radical (unpaired) electrons. The number of carbonyl (C=O) groups excluding carboxylic acids is 1. The number of rotatable bonds is 2. The van der Waals surface area contributed by atoms with Gasteiger partial charge in [0.2, 0.25) is 0 Å². The maximum atomic E-state index is 13.6. The molecule has 98 valence electrons. The SMILES string of the molecule is CO[C@H]1CCN(C(=O)c2cc(I)c(F)cc2F)C1. The van der Waals surface area contributed by atoms with E-state index in [9.17, 15) is 13.6 Å². The number of halogens is 3. The Labute approximate surface area is 117 Å². The van der Waals surface area contributed by atoms with Crippen LogP contribution in [0.5, 0.6) is 0 Å². The van der Waals surface area contributed by atoms with Gasteiger partial charge in [0.1, 0.15) is 11.6 Å². The van der Waals surface area contributed by atoms with Crippen molar-refractivity contribution in [3.63, 3.8) is 0 Å². The van der Waals surface area contributed by atoms with Gasteiger partial charge in [0, 0.05) is 29.8 Å². The first-order valence-electron chi connectivity index (χ1n) is 5.49. The second-order valence-electron chi connectivity index (χ2n) is 4.14. The monoisotopic (exact) mass is 367 g/mol. The fourth-order valence-electron chi connectivity index (χ4n) is 1.96. The Morgan fingerprint density at radius 3 is 2.78 bits per heavy atom. The van der Waals surface area contributed by atoms with E-state index >= 15 is 0 Å². The highest BCUT2D eigenvalue weighted by atomic mass is 127. The number of methoxy groups -OCH3 is 1. The first-order valence-corrected chi connectivity index (χ1v) is 6.57. The van der Waals surface area contributed by atoms with Crippen LogP contribution >= 0.6 is 22.6 Å². The molecular weight excluding hydrogens is 355 g/mol. The van der Waals surface area contributed by atoms with Crippen LogP contribution in [0.3, 0.4) is 0 Å². The van der Waals surface area contributed by atoms with Gasteiger partial charge in [0.15, 0.2) is 0 Å². The van der Waals surface area contributed by atoms with Gasteiger partial charge in [-0.25, -0.2) is 8.78 Å². The average Bonchev–Trinajstić information content (AvgIpc) is 2.81. The summed E-state index contributed by atoms with van der Waals surface area (Å²) in [6, 6.07) is 1.99. The van der Waals surface area contributed by atoms with Crippen molar-refractivity contribution in [1.29, 1.82) is 0 Å². The predicted octanol–water partition coefficient (Wildman–Crippen LogP) is 2.43. The lowest BCUT2D eigenvalue weighted by Crippen LogP contribution is -2.30. The van der Waals surface area contributed by atoms with Crippen molar-refractivity contribution in [2.75, 3.05) is 20.2 Å². The molecule has 1 aliphatic heterocycles. The van der Waals surface area contributed by atoms with Crippen LogP contribution in [0.2, 0.25) is 0 Å². The minimum atomic E-state index is -0.821. The molecule has 0 aliphatic carbocycles. The van der Waals surface area contributed by atoms with Crippen LogP contribution < -0.4 is 0 Å². The molecule has 1 aliphatic rings. The van der Waals surface area contributed by atoms with Gasteiger partial charge in [-0.15, -0.1) is 0 Å². The molecule has 0 saturated carbocycles. The van der Waals surface area contributed by atoms with Gasteiger partial charge >= 0.3 is 0 Å². The zero-order valence-electron chi connectivity index (χ0n) is 9.75. The summed E-state index contributed by atoms with van der Waals surface area (Å²) in [5.74, 6) is -1.88. The van der Waals surface area contributed by atoms with Crippen molar-refractivity contribution < 1.29 is 18.3 Å². The molecule has 1 atom stereocenters. The summed E-state index contributed by atoms with van der Waals surface area (Å²) >= 11 is 1.74. The number of ether oxygens (including phenoxy) is 1. The summed E-state index contributed by atoms with van der Waals surface area (Å²) in [5, 5.41) is 0. The zero-order valence-corrected chi connectivity index (χ0v) is 11.9. The highest BCUT2D eigenvalue weighted by Gasteiger charge is 2.28. The lowest BCUT2D eigenvalue weighted by molar-refractivity contribution is 0.0720. The molecule has 3 nitrogen and oxygen atoms in total. The van der Waals surface area contributed by atoms with Gasteiger partial charge in [-0.2, -0.15) is 0 Å². The van der Waals surface area contributed by atoms with E-state index in [4.69, 9.17) is 4.74 Å². The summed E-state index contributed by atoms with van der Waals surface area (Å²) in [4.78, 5) is 13.6. The molecule has 1 amide bonds. The summed E-state index contributed by atoms with van der Waals surface area (Å²) in [6.45, 7) is 0.980. The fourth-order valence-corrected chi connectivity index (χ4v) is 2.43. The summed E-state index contributed by atoms with van der Waals surface area (Å²) in [6.07, 6.45) is 0.735. The van der Waals surface area contributed by atoms with E-state index in [1.54, 1.807) is 29.7 Å². The first kappa shape index (κ1) is 13.7.